The van der Waals surface area contributed by atoms with E-state index < -0.39 is 16.1 Å². The number of benzene rings is 4. The summed E-state index contributed by atoms with van der Waals surface area (Å²) < 4.78 is 37.8. The zero-order valence-corrected chi connectivity index (χ0v) is 25.9. The molecule has 2 heterocycles. The van der Waals surface area contributed by atoms with E-state index in [-0.39, 0.29) is 17.2 Å². The van der Waals surface area contributed by atoms with Gasteiger partial charge in [0.1, 0.15) is 11.5 Å². The molecule has 1 aromatic heterocycles. The molecule has 0 saturated heterocycles. The number of hydrogen-bond acceptors (Lipinski definition) is 7. The number of phenols is 1. The summed E-state index contributed by atoms with van der Waals surface area (Å²) in [5.74, 6) is 0.725. The van der Waals surface area contributed by atoms with E-state index in [1.165, 1.54) is 0 Å². The number of aryl methyl sites for hydroxylation is 1. The van der Waals surface area contributed by atoms with Crippen molar-refractivity contribution in [1.82, 2.24) is 13.9 Å². The van der Waals surface area contributed by atoms with Gasteiger partial charge in [0.15, 0.2) is 0 Å². The van der Waals surface area contributed by atoms with Crippen LogP contribution in [0.25, 0.3) is 11.1 Å². The predicted octanol–water partition coefficient (Wildman–Crippen LogP) is 5.50. The zero-order chi connectivity index (χ0) is 31.6. The van der Waals surface area contributed by atoms with Crippen LogP contribution in [0.4, 0.5) is 5.69 Å². The number of fused-ring (bicyclic) bond motifs is 1. The molecule has 1 N–H and O–H groups in total. The molecule has 1 atom stereocenters. The molecular weight excluding hydrogens is 586 g/mol. The molecule has 6 rings (SSSR count). The van der Waals surface area contributed by atoms with Gasteiger partial charge in [-0.25, -0.2) is 13.4 Å². The van der Waals surface area contributed by atoms with Crippen LogP contribution < -0.4 is 9.64 Å². The molecule has 10 heteroatoms. The molecular formula is C35H33N5O4S. The Morgan fingerprint density at radius 3 is 2.44 bits per heavy atom. The molecule has 4 aromatic carbocycles. The standard InChI is InChI=1S/C35H33N5O4S/c1-38-24-37-20-31(38)23-39-22-30(17-25-6-9-32(41)10-7-25)40(45(42,43)34-13-11-33(44-2)12-14-34)21-29-18-28(8-15-35(29)39)27-5-3-4-26(16-27)19-36/h3-16,18,20,24,30,41H,17,21-23H2,1-2H3/t30-/m1/s1. The molecule has 228 valence electrons. The van der Waals surface area contributed by atoms with Crippen molar-refractivity contribution >= 4 is 15.7 Å². The van der Waals surface area contributed by atoms with Crippen LogP contribution in [0, 0.1) is 11.3 Å². The van der Waals surface area contributed by atoms with Crippen LogP contribution in [0.1, 0.15) is 22.4 Å². The lowest BCUT2D eigenvalue weighted by Gasteiger charge is -2.32. The van der Waals surface area contributed by atoms with E-state index in [0.29, 0.717) is 30.8 Å². The van der Waals surface area contributed by atoms with E-state index in [2.05, 4.69) is 16.0 Å². The van der Waals surface area contributed by atoms with E-state index in [0.717, 1.165) is 33.6 Å². The molecule has 0 saturated carbocycles. The van der Waals surface area contributed by atoms with Gasteiger partial charge in [-0.05, 0) is 89.3 Å². The Hall–Kier alpha value is -5.11. The Kier molecular flexibility index (Phi) is 8.30. The Labute approximate surface area is 263 Å². The van der Waals surface area contributed by atoms with Gasteiger partial charge in [0.05, 0.1) is 42.2 Å². The van der Waals surface area contributed by atoms with Crippen molar-refractivity contribution in [3.05, 3.63) is 126 Å². The number of aromatic hydroxyl groups is 1. The van der Waals surface area contributed by atoms with E-state index in [9.17, 15) is 18.8 Å². The second kappa shape index (κ2) is 12.5. The van der Waals surface area contributed by atoms with Gasteiger partial charge >= 0.3 is 0 Å². The first-order chi connectivity index (χ1) is 21.7. The number of imidazole rings is 1. The quantitative estimate of drug-likeness (QED) is 0.244. The molecule has 0 bridgehead atoms. The van der Waals surface area contributed by atoms with Crippen LogP contribution in [0.2, 0.25) is 0 Å². The molecule has 0 amide bonds. The van der Waals surface area contributed by atoms with Crippen molar-refractivity contribution in [2.45, 2.75) is 30.4 Å². The number of rotatable bonds is 8. The van der Waals surface area contributed by atoms with Gasteiger partial charge in [0, 0.05) is 38.1 Å². The molecule has 0 spiro atoms. The monoisotopic (exact) mass is 619 g/mol. The highest BCUT2D eigenvalue weighted by Gasteiger charge is 2.37. The fourth-order valence-corrected chi connectivity index (χ4v) is 7.42. The van der Waals surface area contributed by atoms with E-state index in [1.807, 2.05) is 66.3 Å². The summed E-state index contributed by atoms with van der Waals surface area (Å²) in [6.45, 7) is 1.08. The maximum Gasteiger partial charge on any atom is 0.243 e. The molecule has 5 aromatic rings. The summed E-state index contributed by atoms with van der Waals surface area (Å²) >= 11 is 0. The second-order valence-corrected chi connectivity index (χ2v) is 13.1. The minimum atomic E-state index is -3.97. The molecule has 0 unspecified atom stereocenters. The maximum absolute atomic E-state index is 14.5. The predicted molar refractivity (Wildman–Crippen MR) is 172 cm³/mol. The third-order valence-electron chi connectivity index (χ3n) is 8.25. The second-order valence-electron chi connectivity index (χ2n) is 11.2. The van der Waals surface area contributed by atoms with E-state index in [1.54, 1.807) is 60.2 Å². The van der Waals surface area contributed by atoms with Gasteiger partial charge < -0.3 is 19.3 Å². The molecule has 0 fully saturated rings. The number of aromatic nitrogens is 2. The highest BCUT2D eigenvalue weighted by Crippen LogP contribution is 2.36. The van der Waals surface area contributed by atoms with Crippen molar-refractivity contribution in [3.8, 4) is 28.7 Å². The Morgan fingerprint density at radius 1 is 1.00 bits per heavy atom. The molecule has 45 heavy (non-hydrogen) atoms. The fraction of sp³-hybridized carbons (Fsp3) is 0.200. The third-order valence-corrected chi connectivity index (χ3v) is 10.2. The lowest BCUT2D eigenvalue weighted by Crippen LogP contribution is -2.45. The number of nitrogens with zero attached hydrogens (tertiary/aromatic N) is 5. The Bertz CT molecular complexity index is 1960. The average Bonchev–Trinajstić information content (AvgIpc) is 3.40. The van der Waals surface area contributed by atoms with Gasteiger partial charge in [0.2, 0.25) is 10.0 Å². The Morgan fingerprint density at radius 2 is 1.76 bits per heavy atom. The van der Waals surface area contributed by atoms with Crippen LogP contribution in [0.3, 0.4) is 0 Å². The normalized spacial score (nSPS) is 15.2. The fourth-order valence-electron chi connectivity index (χ4n) is 5.83. The van der Waals surface area contributed by atoms with Gasteiger partial charge in [-0.1, -0.05) is 30.3 Å². The lowest BCUT2D eigenvalue weighted by atomic mass is 10.00. The summed E-state index contributed by atoms with van der Waals surface area (Å²) in [4.78, 5) is 6.71. The molecule has 1 aliphatic rings. The van der Waals surface area contributed by atoms with Crippen molar-refractivity contribution in [2.24, 2.45) is 7.05 Å². The SMILES string of the molecule is COc1ccc(S(=O)(=O)N2Cc3cc(-c4cccc(C#N)c4)ccc3N(Cc3cncn3C)C[C@H]2Cc2ccc(O)cc2)cc1. The van der Waals surface area contributed by atoms with Crippen molar-refractivity contribution in [1.29, 1.82) is 5.26 Å². The van der Waals surface area contributed by atoms with Gasteiger partial charge in [0.25, 0.3) is 0 Å². The summed E-state index contributed by atoms with van der Waals surface area (Å²) in [6.07, 6.45) is 4.02. The van der Waals surface area contributed by atoms with Gasteiger partial charge in [-0.2, -0.15) is 9.57 Å². The van der Waals surface area contributed by atoms with Gasteiger partial charge in [-0.15, -0.1) is 0 Å². The van der Waals surface area contributed by atoms with Crippen LogP contribution in [0.15, 0.2) is 108 Å². The van der Waals surface area contributed by atoms with Crippen LogP contribution >= 0.6 is 0 Å². The number of methoxy groups -OCH3 is 1. The van der Waals surface area contributed by atoms with E-state index >= 15 is 0 Å². The summed E-state index contributed by atoms with van der Waals surface area (Å²) in [6, 6.07) is 28.6. The first kappa shape index (κ1) is 29.9. The summed E-state index contributed by atoms with van der Waals surface area (Å²) in [5.41, 5.74) is 6.00. The number of ether oxygens (including phenoxy) is 1. The molecule has 0 aliphatic carbocycles. The minimum absolute atomic E-state index is 0.139. The number of nitriles is 1. The van der Waals surface area contributed by atoms with Crippen molar-refractivity contribution < 1.29 is 18.3 Å². The largest absolute Gasteiger partial charge is 0.508 e. The zero-order valence-electron chi connectivity index (χ0n) is 25.0. The van der Waals surface area contributed by atoms with Crippen LogP contribution in [-0.4, -0.2) is 47.1 Å². The molecule has 9 nitrogen and oxygen atoms in total. The van der Waals surface area contributed by atoms with Crippen LogP contribution in [-0.2, 0) is 36.6 Å². The summed E-state index contributed by atoms with van der Waals surface area (Å²) in [7, 11) is -0.481. The number of anilines is 1. The number of sulfonamides is 1. The van der Waals surface area contributed by atoms with Crippen molar-refractivity contribution in [3.63, 3.8) is 0 Å². The van der Waals surface area contributed by atoms with E-state index in [4.69, 9.17) is 4.74 Å². The summed E-state index contributed by atoms with van der Waals surface area (Å²) in [5, 5.41) is 19.4. The Balaban J connectivity index is 1.49. The highest BCUT2D eigenvalue weighted by molar-refractivity contribution is 7.89. The maximum atomic E-state index is 14.5. The topological polar surface area (TPSA) is 112 Å². The first-order valence-electron chi connectivity index (χ1n) is 14.5. The van der Waals surface area contributed by atoms with Gasteiger partial charge in [-0.3, -0.25) is 0 Å². The molecule has 1 aliphatic heterocycles. The first-order valence-corrected chi connectivity index (χ1v) is 16.0. The average molecular weight is 620 g/mol. The number of hydrogen-bond donors (Lipinski definition) is 1. The lowest BCUT2D eigenvalue weighted by molar-refractivity contribution is 0.317. The smallest absolute Gasteiger partial charge is 0.243 e. The highest BCUT2D eigenvalue weighted by atomic mass is 32.2. The van der Waals surface area contributed by atoms with Crippen molar-refractivity contribution in [2.75, 3.05) is 18.6 Å². The number of phenolic OH excluding ortho intramolecular Hbond substituents is 1. The van der Waals surface area contributed by atoms with Crippen LogP contribution in [0.5, 0.6) is 11.5 Å². The minimum Gasteiger partial charge on any atom is -0.508 e. The molecule has 0 radical (unpaired) electrons. The third kappa shape index (κ3) is 6.27.